The van der Waals surface area contributed by atoms with Crippen LogP contribution in [0.3, 0.4) is 0 Å². The van der Waals surface area contributed by atoms with Crippen LogP contribution in [0.2, 0.25) is 0 Å². The number of hydrogen-bond acceptors (Lipinski definition) is 4. The Labute approximate surface area is 177 Å². The van der Waals surface area contributed by atoms with Gasteiger partial charge >= 0.3 is 0 Å². The Morgan fingerprint density at radius 2 is 1.86 bits per heavy atom. The van der Waals surface area contributed by atoms with Gasteiger partial charge in [0.05, 0.1) is 18.0 Å². The number of nitrogens with one attached hydrogen (secondary N) is 2. The van der Waals surface area contributed by atoms with Crippen molar-refractivity contribution in [1.82, 2.24) is 10.0 Å². The van der Waals surface area contributed by atoms with E-state index >= 15 is 0 Å². The summed E-state index contributed by atoms with van der Waals surface area (Å²) in [5.41, 5.74) is 1.14. The minimum atomic E-state index is -3.77. The van der Waals surface area contributed by atoms with Crippen LogP contribution in [0.15, 0.2) is 74.4 Å². The monoisotopic (exact) mass is 472 g/mol. The van der Waals surface area contributed by atoms with Crippen LogP contribution < -0.4 is 10.0 Å². The maximum atomic E-state index is 12.4. The first-order chi connectivity index (χ1) is 13.9. The lowest BCUT2D eigenvalue weighted by Crippen LogP contribution is -2.25. The molecule has 3 aromatic rings. The molecule has 0 aliphatic carbocycles. The van der Waals surface area contributed by atoms with Crippen LogP contribution in [-0.2, 0) is 16.6 Å². The van der Waals surface area contributed by atoms with E-state index in [0.717, 1.165) is 10.0 Å². The van der Waals surface area contributed by atoms with Crippen molar-refractivity contribution < 1.29 is 17.6 Å². The Morgan fingerprint density at radius 1 is 1.10 bits per heavy atom. The van der Waals surface area contributed by atoms with E-state index in [2.05, 4.69) is 31.9 Å². The van der Waals surface area contributed by atoms with E-state index in [4.69, 9.17) is 10.8 Å². The molecule has 1 heterocycles. The number of carbonyl (C=O) groups is 1. The summed E-state index contributed by atoms with van der Waals surface area (Å²) in [5, 5.41) is 2.72. The summed E-state index contributed by atoms with van der Waals surface area (Å²) >= 11 is 3.39. The third kappa shape index (κ3) is 5.35. The second-order valence-corrected chi connectivity index (χ2v) is 8.69. The number of terminal acetylenes is 1. The molecular weight excluding hydrogens is 456 g/mol. The average molecular weight is 473 g/mol. The molecule has 0 unspecified atom stereocenters. The van der Waals surface area contributed by atoms with Gasteiger partial charge in [0, 0.05) is 15.6 Å². The molecule has 3 rings (SSSR count). The van der Waals surface area contributed by atoms with Gasteiger partial charge in [-0.2, -0.15) is 4.72 Å². The molecule has 0 saturated heterocycles. The third-order valence-electron chi connectivity index (χ3n) is 3.98. The molecule has 1 amide bonds. The molecule has 8 heteroatoms. The second-order valence-electron chi connectivity index (χ2n) is 6.01. The lowest BCUT2D eigenvalue weighted by atomic mass is 10.2. The molecule has 0 radical (unpaired) electrons. The van der Waals surface area contributed by atoms with Crippen LogP contribution in [0.4, 0.5) is 0 Å². The van der Waals surface area contributed by atoms with Crippen molar-refractivity contribution >= 4 is 31.9 Å². The van der Waals surface area contributed by atoms with Crippen molar-refractivity contribution in [2.24, 2.45) is 0 Å². The summed E-state index contributed by atoms with van der Waals surface area (Å²) in [4.78, 5) is 12.4. The largest absolute Gasteiger partial charge is 0.459 e. The maximum absolute atomic E-state index is 12.4. The lowest BCUT2D eigenvalue weighted by molar-refractivity contribution is 0.0948. The zero-order valence-corrected chi connectivity index (χ0v) is 17.6. The van der Waals surface area contributed by atoms with Gasteiger partial charge in [-0.1, -0.05) is 40.0 Å². The number of furan rings is 1. The fraction of sp³-hybridized carbons (Fsp3) is 0.0952. The van der Waals surface area contributed by atoms with E-state index in [-0.39, 0.29) is 23.5 Å². The minimum Gasteiger partial charge on any atom is -0.459 e. The molecular formula is C21H17BrN2O4S. The van der Waals surface area contributed by atoms with Gasteiger partial charge in [-0.25, -0.2) is 8.42 Å². The molecule has 148 valence electrons. The molecule has 1 aromatic heterocycles. The molecule has 6 nitrogen and oxygen atoms in total. The molecule has 2 N–H and O–H groups in total. The topological polar surface area (TPSA) is 88.4 Å². The standard InChI is InChI=1S/C21H17BrN2O4S/c1-2-12-24-29(26,27)19-5-3-4-16(13-19)21(25)23-14-18-10-11-20(28-18)15-6-8-17(22)9-7-15/h1,3-11,13,24H,12,14H2,(H,23,25). The van der Waals surface area contributed by atoms with Crippen LogP contribution in [0, 0.1) is 12.3 Å². The van der Waals surface area contributed by atoms with E-state index in [0.29, 0.717) is 11.5 Å². The Hall–Kier alpha value is -2.86. The predicted octanol–water partition coefficient (Wildman–Crippen LogP) is 3.55. The number of benzene rings is 2. The Morgan fingerprint density at radius 3 is 2.59 bits per heavy atom. The summed E-state index contributed by atoms with van der Waals surface area (Å²) in [6.45, 7) is 0.0413. The van der Waals surface area contributed by atoms with E-state index < -0.39 is 15.9 Å². The van der Waals surface area contributed by atoms with Crippen molar-refractivity contribution in [1.29, 1.82) is 0 Å². The van der Waals surface area contributed by atoms with Gasteiger partial charge < -0.3 is 9.73 Å². The fourth-order valence-electron chi connectivity index (χ4n) is 2.54. The fourth-order valence-corrected chi connectivity index (χ4v) is 3.78. The molecule has 0 fully saturated rings. The zero-order chi connectivity index (χ0) is 20.9. The molecule has 0 bridgehead atoms. The van der Waals surface area contributed by atoms with Crippen LogP contribution in [0.5, 0.6) is 0 Å². The van der Waals surface area contributed by atoms with Crippen LogP contribution >= 0.6 is 15.9 Å². The normalized spacial score (nSPS) is 11.0. The Bertz CT molecular complexity index is 1160. The molecule has 0 atom stereocenters. The first kappa shape index (κ1) is 20.9. The molecule has 2 aromatic carbocycles. The van der Waals surface area contributed by atoms with Crippen molar-refractivity contribution in [3.63, 3.8) is 0 Å². The number of hydrogen-bond donors (Lipinski definition) is 2. The molecule has 0 aliphatic rings. The van der Waals surface area contributed by atoms with Crippen LogP contribution in [0.25, 0.3) is 11.3 Å². The number of halogens is 1. The summed E-state index contributed by atoms with van der Waals surface area (Å²) in [7, 11) is -3.77. The molecule has 0 spiro atoms. The highest BCUT2D eigenvalue weighted by Gasteiger charge is 2.16. The minimum absolute atomic E-state index is 0.0316. The zero-order valence-electron chi connectivity index (χ0n) is 15.2. The van der Waals surface area contributed by atoms with E-state index in [1.54, 1.807) is 6.07 Å². The quantitative estimate of drug-likeness (QED) is 0.514. The summed E-state index contributed by atoms with van der Waals surface area (Å²) < 4.78 is 33.3. The SMILES string of the molecule is C#CCNS(=O)(=O)c1cccc(C(=O)NCc2ccc(-c3ccc(Br)cc3)o2)c1. The highest BCUT2D eigenvalue weighted by Crippen LogP contribution is 2.24. The highest BCUT2D eigenvalue weighted by molar-refractivity contribution is 9.10. The first-order valence-electron chi connectivity index (χ1n) is 8.55. The summed E-state index contributed by atoms with van der Waals surface area (Å²) in [6, 6.07) is 17.0. The van der Waals surface area contributed by atoms with Crippen molar-refractivity contribution in [3.8, 4) is 23.7 Å². The summed E-state index contributed by atoms with van der Waals surface area (Å²) in [6.07, 6.45) is 5.08. The Balaban J connectivity index is 1.66. The van der Waals surface area contributed by atoms with Crippen LogP contribution in [0.1, 0.15) is 16.1 Å². The van der Waals surface area contributed by atoms with Gasteiger partial charge in [-0.05, 0) is 42.5 Å². The molecule has 0 saturated carbocycles. The van der Waals surface area contributed by atoms with Gasteiger partial charge in [-0.3, -0.25) is 4.79 Å². The second kappa shape index (κ2) is 9.09. The van der Waals surface area contributed by atoms with Gasteiger partial charge in [0.1, 0.15) is 11.5 Å². The number of carbonyl (C=O) groups excluding carboxylic acids is 1. The van der Waals surface area contributed by atoms with Crippen molar-refractivity contribution in [2.45, 2.75) is 11.4 Å². The van der Waals surface area contributed by atoms with Crippen molar-refractivity contribution in [2.75, 3.05) is 6.54 Å². The van der Waals surface area contributed by atoms with Gasteiger partial charge in [0.25, 0.3) is 5.91 Å². The van der Waals surface area contributed by atoms with E-state index in [1.165, 1.54) is 24.3 Å². The first-order valence-corrected chi connectivity index (χ1v) is 10.8. The lowest BCUT2D eigenvalue weighted by Gasteiger charge is -2.07. The van der Waals surface area contributed by atoms with Gasteiger partial charge in [0.2, 0.25) is 10.0 Å². The smallest absolute Gasteiger partial charge is 0.251 e. The molecule has 0 aliphatic heterocycles. The number of amides is 1. The Kier molecular flexibility index (Phi) is 6.54. The summed E-state index contributed by atoms with van der Waals surface area (Å²) in [5.74, 6) is 3.06. The van der Waals surface area contributed by atoms with E-state index in [9.17, 15) is 13.2 Å². The maximum Gasteiger partial charge on any atom is 0.251 e. The average Bonchev–Trinajstić information content (AvgIpc) is 3.20. The van der Waals surface area contributed by atoms with Crippen molar-refractivity contribution in [3.05, 3.63) is 76.5 Å². The number of sulfonamides is 1. The van der Waals surface area contributed by atoms with Gasteiger partial charge in [0.15, 0.2) is 0 Å². The van der Waals surface area contributed by atoms with Crippen LogP contribution in [-0.4, -0.2) is 20.9 Å². The predicted molar refractivity (Wildman–Crippen MR) is 113 cm³/mol. The number of rotatable bonds is 7. The third-order valence-corrected chi connectivity index (χ3v) is 5.91. The highest BCUT2D eigenvalue weighted by atomic mass is 79.9. The van der Waals surface area contributed by atoms with Gasteiger partial charge in [-0.15, -0.1) is 6.42 Å². The molecule has 29 heavy (non-hydrogen) atoms. The van der Waals surface area contributed by atoms with E-state index in [1.807, 2.05) is 30.3 Å².